The van der Waals surface area contributed by atoms with E-state index in [1.165, 1.54) is 5.98 Å². The fourth-order valence-electron chi connectivity index (χ4n) is 1.07. The number of aryl methyl sites for hydroxylation is 1. The highest BCUT2D eigenvalue weighted by molar-refractivity contribution is 6.48. The maximum absolute atomic E-state index is 8.61. The van der Waals surface area contributed by atoms with E-state index in [2.05, 4.69) is 12.0 Å². The van der Waals surface area contributed by atoms with Crippen molar-refractivity contribution >= 4 is 13.2 Å². The molecule has 1 aromatic heterocycles. The third kappa shape index (κ3) is 3.04. The predicted molar refractivity (Wildman–Crippen MR) is 51.7 cm³/mol. The quantitative estimate of drug-likeness (QED) is 0.656. The van der Waals surface area contributed by atoms with Gasteiger partial charge in [0.15, 0.2) is 0 Å². The van der Waals surface area contributed by atoms with Gasteiger partial charge in [0.1, 0.15) is 0 Å². The van der Waals surface area contributed by atoms with E-state index in [4.69, 9.17) is 10.0 Å². The van der Waals surface area contributed by atoms with Crippen LogP contribution in [0.4, 0.5) is 0 Å². The third-order valence-electron chi connectivity index (χ3n) is 1.62. The number of hydrogen-bond donors (Lipinski definition) is 2. The lowest BCUT2D eigenvalue weighted by Crippen LogP contribution is -2.06. The Morgan fingerprint density at radius 3 is 3.00 bits per heavy atom. The lowest BCUT2D eigenvalue weighted by molar-refractivity contribution is 0.424. The summed E-state index contributed by atoms with van der Waals surface area (Å²) in [6.45, 7) is 2.91. The number of aromatic nitrogens is 2. The van der Waals surface area contributed by atoms with Crippen LogP contribution in [0, 0.1) is 0 Å². The molecule has 13 heavy (non-hydrogen) atoms. The summed E-state index contributed by atoms with van der Waals surface area (Å²) in [5.41, 5.74) is 0.884. The van der Waals surface area contributed by atoms with Gasteiger partial charge in [-0.1, -0.05) is 12.9 Å². The molecule has 0 saturated carbocycles. The van der Waals surface area contributed by atoms with Crippen LogP contribution in [0.15, 0.2) is 18.2 Å². The van der Waals surface area contributed by atoms with Crippen LogP contribution in [0.2, 0.25) is 0 Å². The second-order valence-electron chi connectivity index (χ2n) is 2.75. The molecule has 0 saturated heterocycles. The van der Waals surface area contributed by atoms with Crippen molar-refractivity contribution in [3.63, 3.8) is 0 Å². The summed E-state index contributed by atoms with van der Waals surface area (Å²) in [5.74, 6) is 1.31. The van der Waals surface area contributed by atoms with Crippen molar-refractivity contribution < 1.29 is 10.0 Å². The van der Waals surface area contributed by atoms with Gasteiger partial charge in [-0.15, -0.1) is 0 Å². The molecule has 0 unspecified atom stereocenters. The maximum atomic E-state index is 8.61. The van der Waals surface area contributed by atoms with Crippen LogP contribution in [-0.4, -0.2) is 26.9 Å². The molecule has 0 radical (unpaired) electrons. The molecule has 0 spiro atoms. The molecule has 2 N–H and O–H groups in total. The van der Waals surface area contributed by atoms with E-state index in [9.17, 15) is 0 Å². The summed E-state index contributed by atoms with van der Waals surface area (Å²) >= 11 is 0. The Labute approximate surface area is 77.7 Å². The minimum atomic E-state index is -1.40. The lowest BCUT2D eigenvalue weighted by atomic mass is 9.91. The van der Waals surface area contributed by atoms with Gasteiger partial charge in [0.05, 0.1) is 5.69 Å². The monoisotopic (exact) mass is 180 g/mol. The first-order valence-corrected chi connectivity index (χ1v) is 4.30. The Bertz CT molecular complexity index is 283. The summed E-state index contributed by atoms with van der Waals surface area (Å²) in [7, 11) is -1.40. The highest BCUT2D eigenvalue weighted by Crippen LogP contribution is 2.02. The SMILES string of the molecule is CCCn1nccc1/C=C/B(O)O. The zero-order valence-electron chi connectivity index (χ0n) is 7.59. The van der Waals surface area contributed by atoms with Gasteiger partial charge in [0, 0.05) is 12.7 Å². The van der Waals surface area contributed by atoms with Gasteiger partial charge >= 0.3 is 7.12 Å². The minimum Gasteiger partial charge on any atom is -0.424 e. The molecule has 4 nitrogen and oxygen atoms in total. The van der Waals surface area contributed by atoms with Gasteiger partial charge in [-0.2, -0.15) is 5.10 Å². The molecule has 0 aromatic carbocycles. The molecule has 0 aliphatic rings. The third-order valence-corrected chi connectivity index (χ3v) is 1.62. The van der Waals surface area contributed by atoms with Crippen LogP contribution in [0.3, 0.4) is 0 Å². The zero-order valence-corrected chi connectivity index (χ0v) is 7.59. The van der Waals surface area contributed by atoms with Gasteiger partial charge in [0.25, 0.3) is 0 Å². The Morgan fingerprint density at radius 1 is 1.62 bits per heavy atom. The zero-order chi connectivity index (χ0) is 9.68. The first-order chi connectivity index (χ1) is 6.24. The van der Waals surface area contributed by atoms with Crippen LogP contribution < -0.4 is 0 Å². The van der Waals surface area contributed by atoms with Crippen LogP contribution in [0.1, 0.15) is 19.0 Å². The molecule has 1 rings (SSSR count). The van der Waals surface area contributed by atoms with Crippen LogP contribution in [0.5, 0.6) is 0 Å². The molecule has 5 heteroatoms. The second kappa shape index (κ2) is 4.84. The van der Waals surface area contributed by atoms with Crippen molar-refractivity contribution in [1.29, 1.82) is 0 Å². The standard InChI is InChI=1S/C8H13BN2O2/c1-2-7-11-8(4-6-10-11)3-5-9(12)13/h3-6,12-13H,2,7H2,1H3/b5-3+. The van der Waals surface area contributed by atoms with Crippen molar-refractivity contribution in [3.8, 4) is 0 Å². The molecular formula is C8H13BN2O2. The summed E-state index contributed by atoms with van der Waals surface area (Å²) in [4.78, 5) is 0. The summed E-state index contributed by atoms with van der Waals surface area (Å²) in [6, 6.07) is 1.83. The van der Waals surface area contributed by atoms with Crippen LogP contribution in [0.25, 0.3) is 6.08 Å². The number of hydrogen-bond acceptors (Lipinski definition) is 3. The summed E-state index contributed by atoms with van der Waals surface area (Å²) in [5, 5.41) is 21.3. The van der Waals surface area contributed by atoms with Gasteiger partial charge in [-0.3, -0.25) is 4.68 Å². The van der Waals surface area contributed by atoms with Crippen LogP contribution >= 0.6 is 0 Å². The van der Waals surface area contributed by atoms with Crippen molar-refractivity contribution in [2.45, 2.75) is 19.9 Å². The molecule has 0 aliphatic carbocycles. The molecule has 0 atom stereocenters. The van der Waals surface area contributed by atoms with E-state index in [1.807, 2.05) is 10.7 Å². The fraction of sp³-hybridized carbons (Fsp3) is 0.375. The van der Waals surface area contributed by atoms with Crippen LogP contribution in [-0.2, 0) is 6.54 Å². The summed E-state index contributed by atoms with van der Waals surface area (Å²) in [6.07, 6.45) is 4.34. The van der Waals surface area contributed by atoms with Gasteiger partial charge in [0.2, 0.25) is 0 Å². The van der Waals surface area contributed by atoms with E-state index in [0.29, 0.717) is 0 Å². The van der Waals surface area contributed by atoms with Gasteiger partial charge < -0.3 is 10.0 Å². The molecule has 0 amide bonds. The van der Waals surface area contributed by atoms with Gasteiger partial charge in [-0.05, 0) is 18.6 Å². The minimum absolute atomic E-state index is 0.841. The molecule has 0 aliphatic heterocycles. The largest absolute Gasteiger partial charge is 0.480 e. The van der Waals surface area contributed by atoms with Crippen molar-refractivity contribution in [2.24, 2.45) is 0 Å². The van der Waals surface area contributed by atoms with Crippen molar-refractivity contribution in [3.05, 3.63) is 23.9 Å². The van der Waals surface area contributed by atoms with Crippen molar-refractivity contribution in [1.82, 2.24) is 9.78 Å². The van der Waals surface area contributed by atoms with E-state index in [1.54, 1.807) is 12.3 Å². The smallest absolute Gasteiger partial charge is 0.424 e. The van der Waals surface area contributed by atoms with Crippen molar-refractivity contribution in [2.75, 3.05) is 0 Å². The Hall–Kier alpha value is -1.07. The normalized spacial score (nSPS) is 11.0. The molecule has 0 fully saturated rings. The van der Waals surface area contributed by atoms with E-state index >= 15 is 0 Å². The van der Waals surface area contributed by atoms with E-state index in [0.717, 1.165) is 18.7 Å². The highest BCUT2D eigenvalue weighted by atomic mass is 16.4. The molecular weight excluding hydrogens is 167 g/mol. The first kappa shape index (κ1) is 10.0. The summed E-state index contributed by atoms with van der Waals surface area (Å²) < 4.78 is 1.82. The molecule has 1 aromatic rings. The lowest BCUT2D eigenvalue weighted by Gasteiger charge is -2.00. The molecule has 70 valence electrons. The average Bonchev–Trinajstić information content (AvgIpc) is 2.49. The fourth-order valence-corrected chi connectivity index (χ4v) is 1.07. The molecule has 1 heterocycles. The maximum Gasteiger partial charge on any atom is 0.480 e. The predicted octanol–water partition coefficient (Wildman–Crippen LogP) is 0.318. The van der Waals surface area contributed by atoms with E-state index < -0.39 is 7.12 Å². The average molecular weight is 180 g/mol. The first-order valence-electron chi connectivity index (χ1n) is 4.30. The number of nitrogens with zero attached hydrogens (tertiary/aromatic N) is 2. The van der Waals surface area contributed by atoms with E-state index in [-0.39, 0.29) is 0 Å². The molecule has 0 bridgehead atoms. The Kier molecular flexibility index (Phi) is 3.73. The highest BCUT2D eigenvalue weighted by Gasteiger charge is 2.01. The topological polar surface area (TPSA) is 58.3 Å². The second-order valence-corrected chi connectivity index (χ2v) is 2.75. The number of rotatable bonds is 4. The van der Waals surface area contributed by atoms with Gasteiger partial charge in [-0.25, -0.2) is 0 Å². The Balaban J connectivity index is 2.70. The Morgan fingerprint density at radius 2 is 2.38 bits per heavy atom.